The molecule has 5 nitrogen and oxygen atoms in total. The predicted octanol–water partition coefficient (Wildman–Crippen LogP) is 1.33. The number of hydrogen-bond acceptors (Lipinski definition) is 4. The molecule has 0 saturated carbocycles. The SMILES string of the molecule is Nc1ccc(OCCC(=O)NC2CCOCC2)cc1. The summed E-state index contributed by atoms with van der Waals surface area (Å²) >= 11 is 0. The van der Waals surface area contributed by atoms with E-state index in [1.54, 1.807) is 24.3 Å². The molecule has 0 spiro atoms. The number of ether oxygens (including phenoxy) is 2. The molecule has 19 heavy (non-hydrogen) atoms. The van der Waals surface area contributed by atoms with E-state index in [9.17, 15) is 4.79 Å². The fraction of sp³-hybridized carbons (Fsp3) is 0.500. The highest BCUT2D eigenvalue weighted by Crippen LogP contribution is 2.13. The first-order chi connectivity index (χ1) is 9.24. The van der Waals surface area contributed by atoms with Crippen LogP contribution in [-0.4, -0.2) is 31.8 Å². The number of amides is 1. The molecule has 0 aromatic heterocycles. The maximum atomic E-state index is 11.7. The summed E-state index contributed by atoms with van der Waals surface area (Å²) in [5, 5.41) is 3.00. The predicted molar refractivity (Wildman–Crippen MR) is 73.0 cm³/mol. The van der Waals surface area contributed by atoms with Crippen LogP contribution in [0.25, 0.3) is 0 Å². The summed E-state index contributed by atoms with van der Waals surface area (Å²) in [6, 6.07) is 7.39. The van der Waals surface area contributed by atoms with Gasteiger partial charge in [-0.15, -0.1) is 0 Å². The Morgan fingerprint density at radius 2 is 2.00 bits per heavy atom. The Bertz CT molecular complexity index is 400. The molecule has 1 amide bonds. The minimum atomic E-state index is 0.0299. The van der Waals surface area contributed by atoms with Gasteiger partial charge < -0.3 is 20.5 Å². The van der Waals surface area contributed by atoms with Crippen LogP contribution in [0.5, 0.6) is 5.75 Å². The fourth-order valence-corrected chi connectivity index (χ4v) is 1.97. The van der Waals surface area contributed by atoms with Crippen LogP contribution in [0.15, 0.2) is 24.3 Å². The van der Waals surface area contributed by atoms with E-state index in [0.29, 0.717) is 18.7 Å². The zero-order valence-electron chi connectivity index (χ0n) is 10.9. The number of hydrogen-bond donors (Lipinski definition) is 2. The molecule has 1 aromatic rings. The lowest BCUT2D eigenvalue weighted by Gasteiger charge is -2.23. The molecule has 1 aliphatic heterocycles. The van der Waals surface area contributed by atoms with Gasteiger partial charge in [0.1, 0.15) is 5.75 Å². The number of rotatable bonds is 5. The fourth-order valence-electron chi connectivity index (χ4n) is 1.97. The highest BCUT2D eigenvalue weighted by atomic mass is 16.5. The van der Waals surface area contributed by atoms with E-state index in [1.807, 2.05) is 0 Å². The van der Waals surface area contributed by atoms with Crippen LogP contribution in [0.3, 0.4) is 0 Å². The lowest BCUT2D eigenvalue weighted by atomic mass is 10.1. The van der Waals surface area contributed by atoms with Crippen LogP contribution in [0, 0.1) is 0 Å². The molecular formula is C14H20N2O3. The van der Waals surface area contributed by atoms with Crippen molar-refractivity contribution in [1.82, 2.24) is 5.32 Å². The lowest BCUT2D eigenvalue weighted by molar-refractivity contribution is -0.122. The average molecular weight is 264 g/mol. The minimum Gasteiger partial charge on any atom is -0.493 e. The van der Waals surface area contributed by atoms with Gasteiger partial charge in [0.2, 0.25) is 5.91 Å². The monoisotopic (exact) mass is 264 g/mol. The lowest BCUT2D eigenvalue weighted by Crippen LogP contribution is -2.39. The highest BCUT2D eigenvalue weighted by Gasteiger charge is 2.15. The third-order valence-corrected chi connectivity index (χ3v) is 3.06. The van der Waals surface area contributed by atoms with Crippen LogP contribution in [0.1, 0.15) is 19.3 Å². The standard InChI is InChI=1S/C14H20N2O3/c15-11-1-3-13(4-2-11)19-10-7-14(17)16-12-5-8-18-9-6-12/h1-4,12H,5-10,15H2,(H,16,17). The number of carbonyl (C=O) groups is 1. The van der Waals surface area contributed by atoms with E-state index in [1.165, 1.54) is 0 Å². The third kappa shape index (κ3) is 4.79. The molecule has 104 valence electrons. The van der Waals surface area contributed by atoms with Crippen LogP contribution < -0.4 is 15.8 Å². The number of carbonyl (C=O) groups excluding carboxylic acids is 1. The van der Waals surface area contributed by atoms with Crippen LogP contribution in [0.4, 0.5) is 5.69 Å². The molecule has 0 atom stereocenters. The Kier molecular flexibility index (Phi) is 5.03. The molecule has 1 saturated heterocycles. The molecule has 0 unspecified atom stereocenters. The van der Waals surface area contributed by atoms with Crippen molar-refractivity contribution in [2.24, 2.45) is 0 Å². The first-order valence-corrected chi connectivity index (χ1v) is 6.59. The topological polar surface area (TPSA) is 73.6 Å². The summed E-state index contributed by atoms with van der Waals surface area (Å²) in [6.07, 6.45) is 2.15. The van der Waals surface area contributed by atoms with Crippen LogP contribution in [-0.2, 0) is 9.53 Å². The summed E-state index contributed by atoms with van der Waals surface area (Å²) in [5.41, 5.74) is 6.28. The Morgan fingerprint density at radius 3 is 2.68 bits per heavy atom. The van der Waals surface area contributed by atoms with E-state index in [4.69, 9.17) is 15.2 Å². The maximum Gasteiger partial charge on any atom is 0.223 e. The van der Waals surface area contributed by atoms with Gasteiger partial charge in [0.15, 0.2) is 0 Å². The Hall–Kier alpha value is -1.75. The quantitative estimate of drug-likeness (QED) is 0.787. The molecule has 0 aliphatic carbocycles. The van der Waals surface area contributed by atoms with Gasteiger partial charge >= 0.3 is 0 Å². The summed E-state index contributed by atoms with van der Waals surface area (Å²) in [7, 11) is 0. The smallest absolute Gasteiger partial charge is 0.223 e. The summed E-state index contributed by atoms with van der Waals surface area (Å²) in [4.78, 5) is 11.7. The van der Waals surface area contributed by atoms with E-state index in [2.05, 4.69) is 5.32 Å². The second-order valence-corrected chi connectivity index (χ2v) is 4.62. The molecule has 5 heteroatoms. The van der Waals surface area contributed by atoms with Crippen LogP contribution >= 0.6 is 0 Å². The molecular weight excluding hydrogens is 244 g/mol. The van der Waals surface area contributed by atoms with Gasteiger partial charge in [-0.05, 0) is 37.1 Å². The van der Waals surface area contributed by atoms with Crippen molar-refractivity contribution >= 4 is 11.6 Å². The number of nitrogens with one attached hydrogen (secondary N) is 1. The third-order valence-electron chi connectivity index (χ3n) is 3.06. The van der Waals surface area contributed by atoms with Crippen LogP contribution in [0.2, 0.25) is 0 Å². The first kappa shape index (κ1) is 13.7. The van der Waals surface area contributed by atoms with Crippen molar-refractivity contribution in [3.63, 3.8) is 0 Å². The zero-order valence-corrected chi connectivity index (χ0v) is 10.9. The van der Waals surface area contributed by atoms with E-state index < -0.39 is 0 Å². The van der Waals surface area contributed by atoms with Gasteiger partial charge in [-0.3, -0.25) is 4.79 Å². The molecule has 0 bridgehead atoms. The van der Waals surface area contributed by atoms with Crippen molar-refractivity contribution in [3.05, 3.63) is 24.3 Å². The second kappa shape index (κ2) is 6.99. The molecule has 2 rings (SSSR count). The van der Waals surface area contributed by atoms with E-state index in [0.717, 1.165) is 31.8 Å². The highest BCUT2D eigenvalue weighted by molar-refractivity contribution is 5.76. The summed E-state index contributed by atoms with van der Waals surface area (Å²) < 4.78 is 10.7. The molecule has 3 N–H and O–H groups in total. The first-order valence-electron chi connectivity index (χ1n) is 6.59. The second-order valence-electron chi connectivity index (χ2n) is 4.62. The zero-order chi connectivity index (χ0) is 13.5. The van der Waals surface area contributed by atoms with E-state index >= 15 is 0 Å². The van der Waals surface area contributed by atoms with Crippen molar-refractivity contribution in [2.75, 3.05) is 25.6 Å². The Labute approximate surface area is 113 Å². The van der Waals surface area contributed by atoms with Crippen molar-refractivity contribution < 1.29 is 14.3 Å². The number of nitrogen functional groups attached to an aromatic ring is 1. The van der Waals surface area contributed by atoms with Gasteiger partial charge in [0, 0.05) is 24.9 Å². The largest absolute Gasteiger partial charge is 0.493 e. The maximum absolute atomic E-state index is 11.7. The molecule has 1 aromatic carbocycles. The molecule has 1 aliphatic rings. The number of anilines is 1. The number of nitrogens with two attached hydrogens (primary N) is 1. The van der Waals surface area contributed by atoms with Gasteiger partial charge in [-0.2, -0.15) is 0 Å². The van der Waals surface area contributed by atoms with E-state index in [-0.39, 0.29) is 11.9 Å². The number of benzene rings is 1. The van der Waals surface area contributed by atoms with Gasteiger partial charge in [0.05, 0.1) is 13.0 Å². The van der Waals surface area contributed by atoms with Gasteiger partial charge in [-0.1, -0.05) is 0 Å². The average Bonchev–Trinajstić information content (AvgIpc) is 2.42. The Balaban J connectivity index is 1.64. The van der Waals surface area contributed by atoms with Crippen molar-refractivity contribution in [1.29, 1.82) is 0 Å². The minimum absolute atomic E-state index is 0.0299. The molecule has 0 radical (unpaired) electrons. The Morgan fingerprint density at radius 1 is 1.32 bits per heavy atom. The van der Waals surface area contributed by atoms with Crippen molar-refractivity contribution in [3.8, 4) is 5.75 Å². The molecule has 1 fully saturated rings. The normalized spacial score (nSPS) is 16.0. The van der Waals surface area contributed by atoms with Gasteiger partial charge in [0.25, 0.3) is 0 Å². The summed E-state index contributed by atoms with van der Waals surface area (Å²) in [5.74, 6) is 0.760. The van der Waals surface area contributed by atoms with Crippen molar-refractivity contribution in [2.45, 2.75) is 25.3 Å². The summed E-state index contributed by atoms with van der Waals surface area (Å²) in [6.45, 7) is 1.83. The molecule has 1 heterocycles. The van der Waals surface area contributed by atoms with Gasteiger partial charge in [-0.25, -0.2) is 0 Å².